The molecular formula is C28H28F5N7O4. The summed E-state index contributed by atoms with van der Waals surface area (Å²) in [5.41, 5.74) is 0.176. The molecule has 4 rings (SSSR count). The maximum atomic E-state index is 14.8. The summed E-state index contributed by atoms with van der Waals surface area (Å²) in [5, 5.41) is 5.91. The fourth-order valence-corrected chi connectivity index (χ4v) is 4.20. The van der Waals surface area contributed by atoms with Gasteiger partial charge >= 0.3 is 18.2 Å². The number of anilines is 3. The van der Waals surface area contributed by atoms with Crippen LogP contribution in [0, 0.1) is 11.6 Å². The SMILES string of the molecule is CC(C)N(OC(=O)C(F)(F)F)C(=O)c1ccc(-c2nc(NCCN(C)C)nc3c2CNC(=O)N3c2c(F)cccc2F)cc1. The van der Waals surface area contributed by atoms with Gasteiger partial charge in [0.05, 0.1) is 18.3 Å². The van der Waals surface area contributed by atoms with Crippen molar-refractivity contribution < 1.29 is 41.2 Å². The number of carbonyl (C=O) groups is 3. The Morgan fingerprint density at radius 2 is 1.70 bits per heavy atom. The maximum Gasteiger partial charge on any atom is 0.493 e. The lowest BCUT2D eigenvalue weighted by Gasteiger charge is -2.30. The minimum atomic E-state index is -5.31. The number of aromatic nitrogens is 2. The third kappa shape index (κ3) is 6.85. The highest BCUT2D eigenvalue weighted by Crippen LogP contribution is 2.38. The first-order valence-corrected chi connectivity index (χ1v) is 13.2. The summed E-state index contributed by atoms with van der Waals surface area (Å²) in [6, 6.07) is 6.86. The van der Waals surface area contributed by atoms with Crippen LogP contribution in [0.25, 0.3) is 11.3 Å². The molecule has 1 aliphatic heterocycles. The van der Waals surface area contributed by atoms with E-state index < -0.39 is 47.4 Å². The number of benzene rings is 2. The Labute approximate surface area is 248 Å². The first-order chi connectivity index (χ1) is 20.7. The van der Waals surface area contributed by atoms with E-state index in [0.717, 1.165) is 23.1 Å². The van der Waals surface area contributed by atoms with E-state index in [9.17, 15) is 36.3 Å². The minimum Gasteiger partial charge on any atom is -0.353 e. The quantitative estimate of drug-likeness (QED) is 0.276. The molecule has 1 aromatic heterocycles. The average Bonchev–Trinajstić information content (AvgIpc) is 2.95. The molecule has 0 radical (unpaired) electrons. The molecule has 2 aromatic carbocycles. The van der Waals surface area contributed by atoms with Gasteiger partial charge in [-0.2, -0.15) is 23.2 Å². The van der Waals surface area contributed by atoms with E-state index in [4.69, 9.17) is 0 Å². The van der Waals surface area contributed by atoms with Crippen molar-refractivity contribution in [2.45, 2.75) is 32.6 Å². The highest BCUT2D eigenvalue weighted by Gasteiger charge is 2.44. The van der Waals surface area contributed by atoms with Crippen LogP contribution >= 0.6 is 0 Å². The molecule has 16 heteroatoms. The molecule has 0 unspecified atom stereocenters. The van der Waals surface area contributed by atoms with Gasteiger partial charge in [-0.05, 0) is 52.2 Å². The second-order valence-electron chi connectivity index (χ2n) is 10.2. The molecule has 0 bridgehead atoms. The normalized spacial score (nSPS) is 13.1. The van der Waals surface area contributed by atoms with Gasteiger partial charge in [-0.1, -0.05) is 18.2 Å². The van der Waals surface area contributed by atoms with Crippen molar-refractivity contribution in [3.05, 3.63) is 65.2 Å². The van der Waals surface area contributed by atoms with Gasteiger partial charge in [-0.3, -0.25) is 4.79 Å². The first-order valence-electron chi connectivity index (χ1n) is 13.2. The van der Waals surface area contributed by atoms with Crippen LogP contribution in [0.5, 0.6) is 0 Å². The number of hydroxylamine groups is 2. The molecule has 0 saturated carbocycles. The van der Waals surface area contributed by atoms with Gasteiger partial charge in [0, 0.05) is 29.8 Å². The van der Waals surface area contributed by atoms with Crippen LogP contribution in [-0.2, 0) is 16.2 Å². The Morgan fingerprint density at radius 1 is 1.07 bits per heavy atom. The van der Waals surface area contributed by atoms with Crippen LogP contribution in [0.1, 0.15) is 29.8 Å². The van der Waals surface area contributed by atoms with Crippen LogP contribution in [0.3, 0.4) is 0 Å². The Hall–Kier alpha value is -4.86. The molecule has 2 N–H and O–H groups in total. The Balaban J connectivity index is 1.77. The number of carbonyl (C=O) groups excluding carboxylic acids is 3. The number of nitrogens with zero attached hydrogens (tertiary/aromatic N) is 5. The summed E-state index contributed by atoms with van der Waals surface area (Å²) >= 11 is 0. The Kier molecular flexibility index (Phi) is 9.32. The Bertz CT molecular complexity index is 1540. The third-order valence-electron chi connectivity index (χ3n) is 6.31. The number of alkyl halides is 3. The van der Waals surface area contributed by atoms with Crippen molar-refractivity contribution in [2.75, 3.05) is 37.4 Å². The lowest BCUT2D eigenvalue weighted by Crippen LogP contribution is -2.43. The van der Waals surface area contributed by atoms with Crippen LogP contribution in [-0.4, -0.2) is 77.2 Å². The van der Waals surface area contributed by atoms with Crippen molar-refractivity contribution in [3.8, 4) is 11.3 Å². The molecule has 0 saturated heterocycles. The number of nitrogens with one attached hydrogen (secondary N) is 2. The van der Waals surface area contributed by atoms with Crippen molar-refractivity contribution in [2.24, 2.45) is 0 Å². The summed E-state index contributed by atoms with van der Waals surface area (Å²) in [6.07, 6.45) is -5.31. The van der Waals surface area contributed by atoms with Crippen molar-refractivity contribution >= 4 is 35.4 Å². The summed E-state index contributed by atoms with van der Waals surface area (Å²) in [7, 11) is 3.70. The number of halogens is 5. The minimum absolute atomic E-state index is 0.0437. The van der Waals surface area contributed by atoms with Gasteiger partial charge in [0.25, 0.3) is 5.91 Å². The molecular weight excluding hydrogens is 593 g/mol. The summed E-state index contributed by atoms with van der Waals surface area (Å²) in [5.74, 6) is -5.59. The number of para-hydroxylation sites is 1. The fraction of sp³-hybridized carbons (Fsp3) is 0.321. The molecule has 2 heterocycles. The summed E-state index contributed by atoms with van der Waals surface area (Å²) in [4.78, 5) is 53.3. The molecule has 0 spiro atoms. The zero-order valence-electron chi connectivity index (χ0n) is 24.0. The molecule has 11 nitrogen and oxygen atoms in total. The number of urea groups is 1. The van der Waals surface area contributed by atoms with E-state index in [1.54, 1.807) is 0 Å². The molecule has 3 aromatic rings. The van der Waals surface area contributed by atoms with Crippen molar-refractivity contribution in [1.82, 2.24) is 25.2 Å². The number of likely N-dealkylation sites (N-methyl/N-ethyl adjacent to an activating group) is 1. The predicted octanol–water partition coefficient (Wildman–Crippen LogP) is 4.63. The monoisotopic (exact) mass is 621 g/mol. The molecule has 0 aliphatic carbocycles. The topological polar surface area (TPSA) is 120 Å². The zero-order chi connectivity index (χ0) is 32.3. The number of amides is 3. The number of rotatable bonds is 8. The Morgan fingerprint density at radius 3 is 2.27 bits per heavy atom. The van der Waals surface area contributed by atoms with E-state index in [1.165, 1.54) is 38.1 Å². The maximum absolute atomic E-state index is 14.8. The largest absolute Gasteiger partial charge is 0.493 e. The number of hydrogen-bond donors (Lipinski definition) is 2. The van der Waals surface area contributed by atoms with Gasteiger partial charge in [0.1, 0.15) is 17.3 Å². The van der Waals surface area contributed by atoms with Crippen LogP contribution in [0.2, 0.25) is 0 Å². The summed E-state index contributed by atoms with van der Waals surface area (Å²) in [6.45, 7) is 3.58. The van der Waals surface area contributed by atoms with E-state index in [0.29, 0.717) is 29.3 Å². The molecule has 234 valence electrons. The van der Waals surface area contributed by atoms with Gasteiger partial charge < -0.3 is 20.4 Å². The number of fused-ring (bicyclic) bond motifs is 1. The van der Waals surface area contributed by atoms with Gasteiger partial charge in [-0.25, -0.2) is 28.3 Å². The highest BCUT2D eigenvalue weighted by molar-refractivity contribution is 6.02. The van der Waals surface area contributed by atoms with E-state index in [2.05, 4.69) is 25.4 Å². The first kappa shape index (κ1) is 32.1. The predicted molar refractivity (Wildman–Crippen MR) is 149 cm³/mol. The fourth-order valence-electron chi connectivity index (χ4n) is 4.20. The standard InChI is InChI=1S/C28H28F5N7O4/c1-15(2)40(44-25(42)28(31,32)33)24(41)17-10-8-16(9-11-17)21-18-14-35-27(43)39(22-19(29)6-5-7-20(22)30)23(18)37-26(36-21)34-12-13-38(3)4/h5-11,15H,12-14H2,1-4H3,(H,35,43)(H,34,36,37). The van der Waals surface area contributed by atoms with E-state index >= 15 is 0 Å². The van der Waals surface area contributed by atoms with Crippen LogP contribution in [0.4, 0.5) is 44.2 Å². The average molecular weight is 622 g/mol. The molecule has 0 fully saturated rings. The van der Waals surface area contributed by atoms with Crippen molar-refractivity contribution in [1.29, 1.82) is 0 Å². The van der Waals surface area contributed by atoms with Crippen molar-refractivity contribution in [3.63, 3.8) is 0 Å². The molecule has 1 aliphatic rings. The third-order valence-corrected chi connectivity index (χ3v) is 6.31. The lowest BCUT2D eigenvalue weighted by molar-refractivity contribution is -0.232. The van der Waals surface area contributed by atoms with Crippen LogP contribution in [0.15, 0.2) is 42.5 Å². The summed E-state index contributed by atoms with van der Waals surface area (Å²) < 4.78 is 68.0. The van der Waals surface area contributed by atoms with Crippen LogP contribution < -0.4 is 15.5 Å². The molecule has 3 amide bonds. The van der Waals surface area contributed by atoms with Gasteiger partial charge in [0.15, 0.2) is 5.82 Å². The smallest absolute Gasteiger partial charge is 0.353 e. The lowest BCUT2D eigenvalue weighted by atomic mass is 10.0. The number of hydrogen-bond acceptors (Lipinski definition) is 8. The van der Waals surface area contributed by atoms with E-state index in [1.807, 2.05) is 19.0 Å². The molecule has 44 heavy (non-hydrogen) atoms. The highest BCUT2D eigenvalue weighted by atomic mass is 19.4. The van der Waals surface area contributed by atoms with Gasteiger partial charge in [-0.15, -0.1) is 0 Å². The van der Waals surface area contributed by atoms with Gasteiger partial charge in [0.2, 0.25) is 5.95 Å². The second-order valence-corrected chi connectivity index (χ2v) is 10.2. The van der Waals surface area contributed by atoms with E-state index in [-0.39, 0.29) is 29.6 Å². The molecule has 0 atom stereocenters. The second kappa shape index (κ2) is 12.8. The zero-order valence-corrected chi connectivity index (χ0v) is 24.0.